The number of anilines is 1. The molecule has 0 aliphatic rings. The monoisotopic (exact) mass is 279 g/mol. The van der Waals surface area contributed by atoms with Crippen molar-refractivity contribution in [3.63, 3.8) is 0 Å². The van der Waals surface area contributed by atoms with E-state index >= 15 is 0 Å². The van der Waals surface area contributed by atoms with Crippen LogP contribution in [0.3, 0.4) is 0 Å². The van der Waals surface area contributed by atoms with Gasteiger partial charge < -0.3 is 9.88 Å². The third-order valence-corrected chi connectivity index (χ3v) is 3.33. The van der Waals surface area contributed by atoms with E-state index in [4.69, 9.17) is 0 Å². The van der Waals surface area contributed by atoms with Crippen LogP contribution in [0.5, 0.6) is 0 Å². The summed E-state index contributed by atoms with van der Waals surface area (Å²) >= 11 is 0. The standard InChI is InChI=1S/C14H13N7/c1-20(2)14-18-12-11(15-7-16-12)13(19-14)21-8-17-9-5-3-4-6-10(9)21/h3-8H,1-2H3,(H,15,16,18,19). The molecule has 0 radical (unpaired) electrons. The maximum absolute atomic E-state index is 4.62. The average molecular weight is 279 g/mol. The number of nitrogens with zero attached hydrogens (tertiary/aromatic N) is 6. The number of H-pyrrole nitrogens is 1. The summed E-state index contributed by atoms with van der Waals surface area (Å²) in [4.78, 5) is 22.7. The highest BCUT2D eigenvalue weighted by molar-refractivity contribution is 5.84. The summed E-state index contributed by atoms with van der Waals surface area (Å²) < 4.78 is 1.94. The molecule has 3 heterocycles. The average Bonchev–Trinajstić information content (AvgIpc) is 3.12. The zero-order valence-corrected chi connectivity index (χ0v) is 11.6. The second-order valence-corrected chi connectivity index (χ2v) is 4.94. The number of fused-ring (bicyclic) bond motifs is 2. The van der Waals surface area contributed by atoms with Crippen molar-refractivity contribution < 1.29 is 0 Å². The molecule has 0 amide bonds. The molecule has 0 bridgehead atoms. The van der Waals surface area contributed by atoms with Gasteiger partial charge in [-0.1, -0.05) is 12.1 Å². The van der Waals surface area contributed by atoms with Gasteiger partial charge in [0, 0.05) is 14.1 Å². The van der Waals surface area contributed by atoms with E-state index in [2.05, 4.69) is 24.9 Å². The second kappa shape index (κ2) is 4.27. The first-order valence-corrected chi connectivity index (χ1v) is 6.55. The first-order chi connectivity index (χ1) is 10.2. The normalized spacial score (nSPS) is 11.3. The summed E-state index contributed by atoms with van der Waals surface area (Å²) in [6.07, 6.45) is 3.39. The van der Waals surface area contributed by atoms with Crippen LogP contribution in [0.15, 0.2) is 36.9 Å². The Morgan fingerprint density at radius 2 is 1.95 bits per heavy atom. The molecule has 0 saturated heterocycles. The number of aromatic amines is 1. The topological polar surface area (TPSA) is 75.5 Å². The molecule has 0 spiro atoms. The first-order valence-electron chi connectivity index (χ1n) is 6.55. The smallest absolute Gasteiger partial charge is 0.228 e. The number of para-hydroxylation sites is 2. The lowest BCUT2D eigenvalue weighted by molar-refractivity contribution is 0.961. The van der Waals surface area contributed by atoms with Gasteiger partial charge in [-0.05, 0) is 12.1 Å². The van der Waals surface area contributed by atoms with E-state index in [1.165, 1.54) is 0 Å². The Hall–Kier alpha value is -2.96. The minimum absolute atomic E-state index is 0.625. The molecule has 0 aliphatic heterocycles. The molecule has 4 rings (SSSR count). The van der Waals surface area contributed by atoms with E-state index in [0.717, 1.165) is 22.4 Å². The molecule has 0 aliphatic carbocycles. The lowest BCUT2D eigenvalue weighted by atomic mass is 10.3. The van der Waals surface area contributed by atoms with Gasteiger partial charge >= 0.3 is 0 Å². The van der Waals surface area contributed by atoms with Gasteiger partial charge in [-0.25, -0.2) is 9.97 Å². The first kappa shape index (κ1) is 11.8. The lowest BCUT2D eigenvalue weighted by Crippen LogP contribution is -2.14. The van der Waals surface area contributed by atoms with Crippen LogP contribution in [-0.4, -0.2) is 43.6 Å². The lowest BCUT2D eigenvalue weighted by Gasteiger charge is -2.12. The van der Waals surface area contributed by atoms with Crippen LogP contribution in [0.1, 0.15) is 0 Å². The highest BCUT2D eigenvalue weighted by Crippen LogP contribution is 2.23. The van der Waals surface area contributed by atoms with E-state index < -0.39 is 0 Å². The van der Waals surface area contributed by atoms with Crippen molar-refractivity contribution in [2.75, 3.05) is 19.0 Å². The molecule has 0 fully saturated rings. The zero-order chi connectivity index (χ0) is 14.4. The Bertz CT molecular complexity index is 935. The molecule has 7 nitrogen and oxygen atoms in total. The molecule has 0 atom stereocenters. The highest BCUT2D eigenvalue weighted by Gasteiger charge is 2.14. The van der Waals surface area contributed by atoms with Crippen LogP contribution in [0.4, 0.5) is 5.95 Å². The number of nitrogens with one attached hydrogen (secondary N) is 1. The number of benzene rings is 1. The van der Waals surface area contributed by atoms with Gasteiger partial charge in [0.15, 0.2) is 17.0 Å². The molecule has 7 heteroatoms. The molecular weight excluding hydrogens is 266 g/mol. The summed E-state index contributed by atoms with van der Waals surface area (Å²) in [6, 6.07) is 7.94. The molecule has 21 heavy (non-hydrogen) atoms. The van der Waals surface area contributed by atoms with Crippen molar-refractivity contribution in [1.82, 2.24) is 29.5 Å². The fourth-order valence-electron chi connectivity index (χ4n) is 2.30. The third kappa shape index (κ3) is 1.74. The number of imidazole rings is 2. The van der Waals surface area contributed by atoms with Crippen LogP contribution < -0.4 is 4.90 Å². The zero-order valence-electron chi connectivity index (χ0n) is 11.6. The maximum Gasteiger partial charge on any atom is 0.228 e. The van der Waals surface area contributed by atoms with Crippen LogP contribution >= 0.6 is 0 Å². The Balaban J connectivity index is 2.07. The van der Waals surface area contributed by atoms with E-state index in [1.54, 1.807) is 12.7 Å². The highest BCUT2D eigenvalue weighted by atomic mass is 15.3. The Labute approximate surface area is 120 Å². The summed E-state index contributed by atoms with van der Waals surface area (Å²) in [5.74, 6) is 1.35. The fourth-order valence-corrected chi connectivity index (χ4v) is 2.30. The van der Waals surface area contributed by atoms with Crippen molar-refractivity contribution in [3.8, 4) is 5.82 Å². The van der Waals surface area contributed by atoms with E-state index in [1.807, 2.05) is 47.8 Å². The number of hydrogen-bond acceptors (Lipinski definition) is 5. The molecule has 0 saturated carbocycles. The molecule has 0 unspecified atom stereocenters. The summed E-state index contributed by atoms with van der Waals surface area (Å²) in [6.45, 7) is 0. The quantitative estimate of drug-likeness (QED) is 0.605. The van der Waals surface area contributed by atoms with Crippen molar-refractivity contribution >= 4 is 28.1 Å². The Morgan fingerprint density at radius 3 is 2.81 bits per heavy atom. The summed E-state index contributed by atoms with van der Waals surface area (Å²) in [5.41, 5.74) is 3.35. The van der Waals surface area contributed by atoms with E-state index in [-0.39, 0.29) is 0 Å². The van der Waals surface area contributed by atoms with Gasteiger partial charge in [-0.3, -0.25) is 4.57 Å². The van der Waals surface area contributed by atoms with Gasteiger partial charge in [0.05, 0.1) is 17.4 Å². The Morgan fingerprint density at radius 1 is 1.10 bits per heavy atom. The van der Waals surface area contributed by atoms with Crippen LogP contribution in [-0.2, 0) is 0 Å². The largest absolute Gasteiger partial charge is 0.347 e. The predicted octanol–water partition coefficient (Wildman–Crippen LogP) is 1.76. The van der Waals surface area contributed by atoms with E-state index in [9.17, 15) is 0 Å². The Kier molecular flexibility index (Phi) is 2.41. The number of rotatable bonds is 2. The van der Waals surface area contributed by atoms with Crippen molar-refractivity contribution in [2.45, 2.75) is 0 Å². The van der Waals surface area contributed by atoms with E-state index in [0.29, 0.717) is 11.6 Å². The van der Waals surface area contributed by atoms with Crippen molar-refractivity contribution in [1.29, 1.82) is 0 Å². The molecule has 3 aromatic heterocycles. The molecular formula is C14H13N7. The van der Waals surface area contributed by atoms with Gasteiger partial charge in [0.25, 0.3) is 0 Å². The minimum Gasteiger partial charge on any atom is -0.347 e. The fraction of sp³-hybridized carbons (Fsp3) is 0.143. The van der Waals surface area contributed by atoms with Gasteiger partial charge in [0.1, 0.15) is 6.33 Å². The number of hydrogen-bond donors (Lipinski definition) is 1. The van der Waals surface area contributed by atoms with Gasteiger partial charge in [-0.2, -0.15) is 9.97 Å². The van der Waals surface area contributed by atoms with Crippen LogP contribution in [0.2, 0.25) is 0 Å². The van der Waals surface area contributed by atoms with Gasteiger partial charge in [-0.15, -0.1) is 0 Å². The molecule has 1 N–H and O–H groups in total. The molecule has 1 aromatic carbocycles. The summed E-state index contributed by atoms with van der Waals surface area (Å²) in [5, 5.41) is 0. The second-order valence-electron chi connectivity index (χ2n) is 4.94. The van der Waals surface area contributed by atoms with Crippen LogP contribution in [0, 0.1) is 0 Å². The molecule has 4 aromatic rings. The van der Waals surface area contributed by atoms with Crippen molar-refractivity contribution in [2.24, 2.45) is 0 Å². The minimum atomic E-state index is 0.625. The predicted molar refractivity (Wildman–Crippen MR) is 80.6 cm³/mol. The van der Waals surface area contributed by atoms with Gasteiger partial charge in [0.2, 0.25) is 5.95 Å². The molecule has 104 valence electrons. The third-order valence-electron chi connectivity index (χ3n) is 3.33. The van der Waals surface area contributed by atoms with Crippen molar-refractivity contribution in [3.05, 3.63) is 36.9 Å². The maximum atomic E-state index is 4.62. The SMILES string of the molecule is CN(C)c1nc(-n2cnc3ccccc32)c2nc[nH]c2n1. The summed E-state index contributed by atoms with van der Waals surface area (Å²) in [7, 11) is 3.82. The number of aromatic nitrogens is 6. The van der Waals surface area contributed by atoms with Crippen LogP contribution in [0.25, 0.3) is 28.0 Å².